The molecule has 4 rings (SSSR count). The van der Waals surface area contributed by atoms with E-state index in [9.17, 15) is 0 Å². The highest BCUT2D eigenvalue weighted by Crippen LogP contribution is 2.36. The van der Waals surface area contributed by atoms with Crippen LogP contribution in [0.5, 0.6) is 0 Å². The number of likely N-dealkylation sites (tertiary alicyclic amines) is 1. The minimum absolute atomic E-state index is 0.212. The molecule has 4 heterocycles. The summed E-state index contributed by atoms with van der Waals surface area (Å²) in [4.78, 5) is 2.36. The molecular formula is C17H20ClN5O2. The lowest BCUT2D eigenvalue weighted by atomic mass is 10.1. The summed E-state index contributed by atoms with van der Waals surface area (Å²) in [6.07, 6.45) is 2.16. The van der Waals surface area contributed by atoms with Gasteiger partial charge in [0.25, 0.3) is 0 Å². The van der Waals surface area contributed by atoms with E-state index < -0.39 is 0 Å². The molecule has 0 bridgehead atoms. The standard InChI is InChI=1S/C17H20ClN5O2/c1-10-7-15(25-20-10)14-5-4-6-23(14)9-12-16(19-22(3)17(12)18)13-8-11(2)24-21-13/h7-8,14H,4-6,9H2,1-3H3/t14-/m0/s1. The van der Waals surface area contributed by atoms with Crippen molar-refractivity contribution in [2.75, 3.05) is 6.54 Å². The Hall–Kier alpha value is -2.12. The molecule has 1 atom stereocenters. The van der Waals surface area contributed by atoms with Gasteiger partial charge in [-0.25, -0.2) is 0 Å². The third-order valence-corrected chi connectivity index (χ3v) is 5.11. The number of hydrogen-bond donors (Lipinski definition) is 0. The second-order valence-electron chi connectivity index (χ2n) is 6.56. The van der Waals surface area contributed by atoms with Gasteiger partial charge in [-0.15, -0.1) is 0 Å². The number of aryl methyl sites for hydroxylation is 3. The predicted molar refractivity (Wildman–Crippen MR) is 92.1 cm³/mol. The van der Waals surface area contributed by atoms with Crippen molar-refractivity contribution in [2.24, 2.45) is 7.05 Å². The van der Waals surface area contributed by atoms with Gasteiger partial charge in [0.1, 0.15) is 22.3 Å². The van der Waals surface area contributed by atoms with Crippen LogP contribution in [0.4, 0.5) is 0 Å². The second-order valence-corrected chi connectivity index (χ2v) is 6.92. The molecule has 3 aromatic heterocycles. The molecule has 25 heavy (non-hydrogen) atoms. The smallest absolute Gasteiger partial charge is 0.154 e. The van der Waals surface area contributed by atoms with Crippen LogP contribution < -0.4 is 0 Å². The summed E-state index contributed by atoms with van der Waals surface area (Å²) in [5.41, 5.74) is 3.34. The van der Waals surface area contributed by atoms with E-state index in [-0.39, 0.29) is 6.04 Å². The van der Waals surface area contributed by atoms with Gasteiger partial charge in [0, 0.05) is 31.3 Å². The maximum Gasteiger partial charge on any atom is 0.154 e. The second kappa shape index (κ2) is 6.31. The minimum Gasteiger partial charge on any atom is -0.361 e. The van der Waals surface area contributed by atoms with Crippen LogP contribution in [-0.2, 0) is 13.6 Å². The monoisotopic (exact) mass is 361 g/mol. The van der Waals surface area contributed by atoms with E-state index >= 15 is 0 Å². The Morgan fingerprint density at radius 2 is 2.08 bits per heavy atom. The first kappa shape index (κ1) is 16.4. The summed E-state index contributed by atoms with van der Waals surface area (Å²) in [5, 5.41) is 13.3. The average molecular weight is 362 g/mol. The SMILES string of the molecule is Cc1cc([C@@H]2CCCN2Cc2c(-c3cc(C)on3)nn(C)c2Cl)on1. The number of rotatable bonds is 4. The van der Waals surface area contributed by atoms with Crippen molar-refractivity contribution in [3.8, 4) is 11.4 Å². The zero-order valence-corrected chi connectivity index (χ0v) is 15.2. The van der Waals surface area contributed by atoms with Crippen LogP contribution in [0.25, 0.3) is 11.4 Å². The Morgan fingerprint density at radius 1 is 1.24 bits per heavy atom. The van der Waals surface area contributed by atoms with E-state index in [1.807, 2.05) is 33.0 Å². The van der Waals surface area contributed by atoms with Gasteiger partial charge >= 0.3 is 0 Å². The molecule has 8 heteroatoms. The van der Waals surface area contributed by atoms with E-state index in [1.165, 1.54) is 0 Å². The number of hydrogen-bond acceptors (Lipinski definition) is 6. The van der Waals surface area contributed by atoms with Gasteiger partial charge in [0.2, 0.25) is 0 Å². The van der Waals surface area contributed by atoms with Crippen LogP contribution in [0.1, 0.15) is 41.7 Å². The first-order valence-electron chi connectivity index (χ1n) is 8.35. The molecule has 0 N–H and O–H groups in total. The summed E-state index contributed by atoms with van der Waals surface area (Å²) < 4.78 is 12.4. The molecular weight excluding hydrogens is 342 g/mol. The van der Waals surface area contributed by atoms with Crippen molar-refractivity contribution >= 4 is 11.6 Å². The predicted octanol–water partition coefficient (Wildman–Crippen LogP) is 3.67. The van der Waals surface area contributed by atoms with Crippen molar-refractivity contribution in [2.45, 2.75) is 39.3 Å². The van der Waals surface area contributed by atoms with E-state index in [2.05, 4.69) is 20.3 Å². The molecule has 0 unspecified atom stereocenters. The zero-order valence-electron chi connectivity index (χ0n) is 14.5. The lowest BCUT2D eigenvalue weighted by molar-refractivity contribution is 0.206. The highest BCUT2D eigenvalue weighted by molar-refractivity contribution is 6.30. The Morgan fingerprint density at radius 3 is 2.76 bits per heavy atom. The van der Waals surface area contributed by atoms with Gasteiger partial charge in [-0.3, -0.25) is 9.58 Å². The molecule has 0 radical (unpaired) electrons. The molecule has 0 aromatic carbocycles. The highest BCUT2D eigenvalue weighted by Gasteiger charge is 2.31. The van der Waals surface area contributed by atoms with Gasteiger partial charge in [-0.2, -0.15) is 5.10 Å². The molecule has 1 saturated heterocycles. The largest absolute Gasteiger partial charge is 0.361 e. The maximum absolute atomic E-state index is 6.53. The first-order valence-corrected chi connectivity index (χ1v) is 8.73. The number of nitrogens with zero attached hydrogens (tertiary/aromatic N) is 5. The van der Waals surface area contributed by atoms with Gasteiger partial charge in [-0.05, 0) is 33.2 Å². The van der Waals surface area contributed by atoms with Gasteiger partial charge < -0.3 is 9.05 Å². The normalized spacial score (nSPS) is 18.3. The summed E-state index contributed by atoms with van der Waals surface area (Å²) in [7, 11) is 1.84. The molecule has 1 aliphatic rings. The fourth-order valence-corrected chi connectivity index (χ4v) is 3.64. The lowest BCUT2D eigenvalue weighted by Crippen LogP contribution is -2.22. The molecule has 0 aliphatic carbocycles. The molecule has 0 amide bonds. The molecule has 132 valence electrons. The summed E-state index contributed by atoms with van der Waals surface area (Å²) in [6, 6.07) is 4.10. The third kappa shape index (κ3) is 2.98. The van der Waals surface area contributed by atoms with Crippen LogP contribution in [0.15, 0.2) is 21.2 Å². The molecule has 3 aromatic rings. The van der Waals surface area contributed by atoms with Crippen LogP contribution in [0.3, 0.4) is 0 Å². The number of halogens is 1. The molecule has 0 saturated carbocycles. The Labute approximate surface area is 150 Å². The molecule has 1 aliphatic heterocycles. The number of aromatic nitrogens is 4. The quantitative estimate of drug-likeness (QED) is 0.706. The lowest BCUT2D eigenvalue weighted by Gasteiger charge is -2.22. The van der Waals surface area contributed by atoms with Crippen LogP contribution >= 0.6 is 11.6 Å². The average Bonchev–Trinajstić information content (AvgIpc) is 3.33. The van der Waals surface area contributed by atoms with E-state index in [1.54, 1.807) is 4.68 Å². The van der Waals surface area contributed by atoms with Crippen LogP contribution in [0.2, 0.25) is 5.15 Å². The Kier molecular flexibility index (Phi) is 4.13. The summed E-state index contributed by atoms with van der Waals surface area (Å²) in [6.45, 7) is 5.46. The van der Waals surface area contributed by atoms with Crippen molar-refractivity contribution in [3.05, 3.63) is 40.1 Å². The molecule has 1 fully saturated rings. The van der Waals surface area contributed by atoms with Crippen molar-refractivity contribution in [1.82, 2.24) is 25.0 Å². The topological polar surface area (TPSA) is 73.1 Å². The van der Waals surface area contributed by atoms with Gasteiger partial charge in [0.15, 0.2) is 5.76 Å². The Bertz CT molecular complexity index is 897. The van der Waals surface area contributed by atoms with Crippen molar-refractivity contribution in [3.63, 3.8) is 0 Å². The summed E-state index contributed by atoms with van der Waals surface area (Å²) in [5.74, 6) is 1.66. The minimum atomic E-state index is 0.212. The molecule has 0 spiro atoms. The van der Waals surface area contributed by atoms with Crippen LogP contribution in [-0.4, -0.2) is 31.5 Å². The van der Waals surface area contributed by atoms with E-state index in [0.29, 0.717) is 17.4 Å². The third-order valence-electron chi connectivity index (χ3n) is 4.64. The Balaban J connectivity index is 1.66. The fraction of sp³-hybridized carbons (Fsp3) is 0.471. The van der Waals surface area contributed by atoms with E-state index in [0.717, 1.165) is 47.9 Å². The fourth-order valence-electron chi connectivity index (χ4n) is 3.45. The maximum atomic E-state index is 6.53. The van der Waals surface area contributed by atoms with Gasteiger partial charge in [0.05, 0.1) is 11.7 Å². The van der Waals surface area contributed by atoms with Crippen molar-refractivity contribution < 1.29 is 9.05 Å². The highest BCUT2D eigenvalue weighted by atomic mass is 35.5. The summed E-state index contributed by atoms with van der Waals surface area (Å²) >= 11 is 6.53. The first-order chi connectivity index (χ1) is 12.0. The molecule has 7 nitrogen and oxygen atoms in total. The van der Waals surface area contributed by atoms with Crippen molar-refractivity contribution in [1.29, 1.82) is 0 Å². The van der Waals surface area contributed by atoms with E-state index in [4.69, 9.17) is 20.6 Å². The van der Waals surface area contributed by atoms with Gasteiger partial charge in [-0.1, -0.05) is 21.9 Å². The van der Waals surface area contributed by atoms with Crippen LogP contribution in [0, 0.1) is 13.8 Å². The zero-order chi connectivity index (χ0) is 17.6.